The second-order valence-corrected chi connectivity index (χ2v) is 3.74. The van der Waals surface area contributed by atoms with Gasteiger partial charge in [-0.25, -0.2) is 0 Å². The lowest BCUT2D eigenvalue weighted by Crippen LogP contribution is -2.34. The Kier molecular flexibility index (Phi) is 5.29. The van der Waals surface area contributed by atoms with Gasteiger partial charge in [0.15, 0.2) is 0 Å². The van der Waals surface area contributed by atoms with Gasteiger partial charge >= 0.3 is 0 Å². The molecule has 0 radical (unpaired) electrons. The Hall–Kier alpha value is -1.75. The fraction of sp³-hybridized carbons (Fsp3) is 0.300. The van der Waals surface area contributed by atoms with E-state index in [1.165, 1.54) is 0 Å². The Bertz CT molecular complexity index is 444. The molecule has 7 heteroatoms. The van der Waals surface area contributed by atoms with Crippen LogP contribution < -0.4 is 11.1 Å². The smallest absolute Gasteiger partial charge is 0.239 e. The molecule has 0 aliphatic rings. The highest BCUT2D eigenvalue weighted by molar-refractivity contribution is 6.30. The second kappa shape index (κ2) is 6.75. The van der Waals surface area contributed by atoms with Gasteiger partial charge in [0.2, 0.25) is 5.91 Å². The Morgan fingerprint density at radius 3 is 3.00 bits per heavy atom. The first-order valence-corrected chi connectivity index (χ1v) is 5.32. The number of halogens is 1. The minimum absolute atomic E-state index is 0.251. The summed E-state index contributed by atoms with van der Waals surface area (Å²) in [6.45, 7) is 0.616. The molecular weight excluding hydrogens is 242 g/mol. The number of hydrogen-bond donors (Lipinski definition) is 2. The van der Waals surface area contributed by atoms with Crippen molar-refractivity contribution >= 4 is 17.5 Å². The first-order chi connectivity index (χ1) is 8.15. The third-order valence-electron chi connectivity index (χ3n) is 2.09. The van der Waals surface area contributed by atoms with E-state index in [0.717, 1.165) is 0 Å². The number of amides is 1. The van der Waals surface area contributed by atoms with Gasteiger partial charge in [0.05, 0.1) is 0 Å². The number of carbonyl (C=O) groups excluding carboxylic acids is 1. The predicted molar refractivity (Wildman–Crippen MR) is 65.4 cm³/mol. The highest BCUT2D eigenvalue weighted by Gasteiger charge is 2.16. The van der Waals surface area contributed by atoms with Crippen molar-refractivity contribution in [2.75, 3.05) is 13.1 Å². The third-order valence-corrected chi connectivity index (χ3v) is 2.33. The van der Waals surface area contributed by atoms with E-state index >= 15 is 0 Å². The molecule has 90 valence electrons. The van der Waals surface area contributed by atoms with Crippen LogP contribution in [-0.4, -0.2) is 19.0 Å². The van der Waals surface area contributed by atoms with Gasteiger partial charge in [-0.05, 0) is 23.2 Å². The van der Waals surface area contributed by atoms with E-state index < -0.39 is 11.9 Å². The van der Waals surface area contributed by atoms with Crippen molar-refractivity contribution in [3.8, 4) is 0 Å². The number of azide groups is 1. The molecule has 0 fully saturated rings. The molecule has 3 N–H and O–H groups in total. The summed E-state index contributed by atoms with van der Waals surface area (Å²) in [5, 5.41) is 6.79. The normalized spacial score (nSPS) is 11.6. The molecule has 0 saturated carbocycles. The van der Waals surface area contributed by atoms with E-state index in [1.54, 1.807) is 24.3 Å². The van der Waals surface area contributed by atoms with Gasteiger partial charge in [-0.2, -0.15) is 0 Å². The molecule has 1 amide bonds. The number of benzene rings is 1. The molecule has 1 aromatic rings. The Balaban J connectivity index is 2.72. The molecule has 17 heavy (non-hydrogen) atoms. The molecule has 0 aliphatic carbocycles. The van der Waals surface area contributed by atoms with Gasteiger partial charge in [-0.15, -0.1) is 0 Å². The van der Waals surface area contributed by atoms with Crippen LogP contribution >= 0.6 is 11.6 Å². The van der Waals surface area contributed by atoms with E-state index in [9.17, 15) is 4.79 Å². The van der Waals surface area contributed by atoms with Gasteiger partial charge in [0.25, 0.3) is 0 Å². The van der Waals surface area contributed by atoms with E-state index in [2.05, 4.69) is 15.3 Å². The van der Waals surface area contributed by atoms with Gasteiger partial charge in [-0.1, -0.05) is 28.8 Å². The largest absolute Gasteiger partial charge is 0.368 e. The highest BCUT2D eigenvalue weighted by atomic mass is 35.5. The van der Waals surface area contributed by atoms with Crippen molar-refractivity contribution in [1.82, 2.24) is 5.32 Å². The number of hydrogen-bond acceptors (Lipinski definition) is 3. The molecule has 0 spiro atoms. The van der Waals surface area contributed by atoms with Crippen LogP contribution in [0.1, 0.15) is 11.6 Å². The van der Waals surface area contributed by atoms with Gasteiger partial charge in [-0.3, -0.25) is 4.79 Å². The minimum Gasteiger partial charge on any atom is -0.368 e. The number of nitrogens with zero attached hydrogens (tertiary/aromatic N) is 3. The number of carbonyl (C=O) groups is 1. The summed E-state index contributed by atoms with van der Waals surface area (Å²) in [6, 6.07) is 6.23. The fourth-order valence-electron chi connectivity index (χ4n) is 1.37. The average Bonchev–Trinajstić information content (AvgIpc) is 2.28. The molecule has 0 saturated heterocycles. The number of primary amides is 1. The number of rotatable bonds is 6. The highest BCUT2D eigenvalue weighted by Crippen LogP contribution is 2.17. The molecule has 1 aromatic carbocycles. The summed E-state index contributed by atoms with van der Waals surface area (Å²) < 4.78 is 0. The Labute approximate surface area is 103 Å². The third kappa shape index (κ3) is 4.32. The molecule has 6 nitrogen and oxygen atoms in total. The van der Waals surface area contributed by atoms with Gasteiger partial charge in [0, 0.05) is 23.0 Å². The molecule has 0 aliphatic heterocycles. The van der Waals surface area contributed by atoms with Crippen LogP contribution in [0.15, 0.2) is 29.4 Å². The van der Waals surface area contributed by atoms with Crippen LogP contribution in [0, 0.1) is 0 Å². The zero-order chi connectivity index (χ0) is 12.7. The van der Waals surface area contributed by atoms with E-state index in [4.69, 9.17) is 22.9 Å². The molecule has 0 aromatic heterocycles. The number of nitrogens with one attached hydrogen (secondary N) is 1. The van der Waals surface area contributed by atoms with Crippen LogP contribution in [0.2, 0.25) is 5.02 Å². The summed E-state index contributed by atoms with van der Waals surface area (Å²) in [7, 11) is 0. The first-order valence-electron chi connectivity index (χ1n) is 4.94. The second-order valence-electron chi connectivity index (χ2n) is 3.30. The zero-order valence-electron chi connectivity index (χ0n) is 9.01. The van der Waals surface area contributed by atoms with Crippen molar-refractivity contribution in [1.29, 1.82) is 0 Å². The van der Waals surface area contributed by atoms with E-state index in [1.807, 2.05) is 0 Å². The van der Waals surface area contributed by atoms with Crippen LogP contribution in [-0.2, 0) is 4.79 Å². The molecular formula is C10H12ClN5O. The fourth-order valence-corrected chi connectivity index (χ4v) is 1.57. The lowest BCUT2D eigenvalue weighted by Gasteiger charge is -2.15. The molecule has 0 bridgehead atoms. The van der Waals surface area contributed by atoms with Gasteiger partial charge < -0.3 is 11.1 Å². The maximum atomic E-state index is 11.3. The molecule has 1 rings (SSSR count). The lowest BCUT2D eigenvalue weighted by molar-refractivity contribution is -0.120. The van der Waals surface area contributed by atoms with Crippen LogP contribution in [0.5, 0.6) is 0 Å². The summed E-state index contributed by atoms with van der Waals surface area (Å²) in [5.74, 6) is -0.506. The summed E-state index contributed by atoms with van der Waals surface area (Å²) in [6.07, 6.45) is 0. The monoisotopic (exact) mass is 253 g/mol. The standard InChI is InChI=1S/C10H12ClN5O/c11-8-3-1-2-7(6-8)9(10(12)17)14-4-5-15-16-13/h1-3,6,9,14H,4-5H2,(H2,12,17). The first kappa shape index (κ1) is 13.3. The van der Waals surface area contributed by atoms with E-state index in [0.29, 0.717) is 17.1 Å². The zero-order valence-corrected chi connectivity index (χ0v) is 9.76. The summed E-state index contributed by atoms with van der Waals surface area (Å²) in [5.41, 5.74) is 14.1. The predicted octanol–water partition coefficient (Wildman–Crippen LogP) is 1.77. The topological polar surface area (TPSA) is 104 Å². The maximum Gasteiger partial charge on any atom is 0.239 e. The maximum absolute atomic E-state index is 11.3. The summed E-state index contributed by atoms with van der Waals surface area (Å²) >= 11 is 5.83. The lowest BCUT2D eigenvalue weighted by atomic mass is 10.1. The van der Waals surface area contributed by atoms with Crippen LogP contribution in [0.3, 0.4) is 0 Å². The summed E-state index contributed by atoms with van der Waals surface area (Å²) in [4.78, 5) is 13.9. The quantitative estimate of drug-likeness (QED) is 0.349. The Morgan fingerprint density at radius 2 is 2.41 bits per heavy atom. The average molecular weight is 254 g/mol. The molecule has 0 heterocycles. The van der Waals surface area contributed by atoms with E-state index in [-0.39, 0.29) is 6.54 Å². The minimum atomic E-state index is -0.636. The SMILES string of the molecule is [N-]=[N+]=NCCNC(C(N)=O)c1cccc(Cl)c1. The molecule has 1 unspecified atom stereocenters. The van der Waals surface area contributed by atoms with Crippen molar-refractivity contribution in [2.45, 2.75) is 6.04 Å². The van der Waals surface area contributed by atoms with Crippen LogP contribution in [0.25, 0.3) is 10.4 Å². The van der Waals surface area contributed by atoms with Crippen molar-refractivity contribution < 1.29 is 4.79 Å². The van der Waals surface area contributed by atoms with Crippen molar-refractivity contribution in [2.24, 2.45) is 10.8 Å². The van der Waals surface area contributed by atoms with Crippen LogP contribution in [0.4, 0.5) is 0 Å². The van der Waals surface area contributed by atoms with Gasteiger partial charge in [0.1, 0.15) is 6.04 Å². The number of nitrogens with two attached hydrogens (primary N) is 1. The van der Waals surface area contributed by atoms with Crippen molar-refractivity contribution in [3.63, 3.8) is 0 Å². The molecule has 1 atom stereocenters. The van der Waals surface area contributed by atoms with Crippen molar-refractivity contribution in [3.05, 3.63) is 45.3 Å². The Morgan fingerprint density at radius 1 is 1.65 bits per heavy atom.